The zero-order chi connectivity index (χ0) is 24.4. The molecule has 1 fully saturated rings. The number of nitro benzene ring substituents is 1. The molecule has 8 heteroatoms. The first-order valence-corrected chi connectivity index (χ1v) is 11.8. The van der Waals surface area contributed by atoms with Crippen LogP contribution in [0.1, 0.15) is 25.7 Å². The Hall–Kier alpha value is -4.20. The van der Waals surface area contributed by atoms with E-state index in [0.29, 0.717) is 30.6 Å². The smallest absolute Gasteiger partial charge is 0.271 e. The maximum Gasteiger partial charge on any atom is 0.271 e. The van der Waals surface area contributed by atoms with Crippen LogP contribution >= 0.6 is 0 Å². The molecule has 1 unspecified atom stereocenters. The first-order valence-electron chi connectivity index (χ1n) is 11.8. The van der Waals surface area contributed by atoms with E-state index < -0.39 is 11.0 Å². The molecule has 1 aliphatic carbocycles. The summed E-state index contributed by atoms with van der Waals surface area (Å²) >= 11 is 0. The summed E-state index contributed by atoms with van der Waals surface area (Å²) in [5.41, 5.74) is 3.12. The van der Waals surface area contributed by atoms with E-state index >= 15 is 0 Å². The van der Waals surface area contributed by atoms with Gasteiger partial charge in [0.1, 0.15) is 6.04 Å². The van der Waals surface area contributed by atoms with Crippen molar-refractivity contribution in [2.24, 2.45) is 5.92 Å². The number of aromatic amines is 1. The molecule has 0 spiro atoms. The van der Waals surface area contributed by atoms with Crippen LogP contribution in [0.4, 0.5) is 11.4 Å². The molecule has 2 atom stereocenters. The van der Waals surface area contributed by atoms with Gasteiger partial charge in [-0.3, -0.25) is 19.7 Å². The minimum atomic E-state index is -0.449. The number of likely N-dealkylation sites (tertiary alicyclic amines) is 1. The number of anilines is 1. The topological polar surface area (TPSA) is 108 Å². The average molecular weight is 471 g/mol. The standard InChI is InChI=1S/C27H26N4O4/c32-26(15-18-5-2-1-3-6-18)30-14-4-7-25(30)27(33)28-21-11-8-19(9-12-21)23-16-20-10-13-22(31(34)35)17-24(20)29-23/h1-3,5,8-13,16-18,25,29H,4,6-7,14-15H2,(H,28,33)/t18?,25-/m0/s1. The summed E-state index contributed by atoms with van der Waals surface area (Å²) in [6.07, 6.45) is 10.8. The zero-order valence-electron chi connectivity index (χ0n) is 19.1. The van der Waals surface area contributed by atoms with Crippen LogP contribution < -0.4 is 5.32 Å². The summed E-state index contributed by atoms with van der Waals surface area (Å²) in [6, 6.07) is 13.6. The van der Waals surface area contributed by atoms with Gasteiger partial charge in [-0.2, -0.15) is 0 Å². The van der Waals surface area contributed by atoms with E-state index in [-0.39, 0.29) is 23.4 Å². The molecule has 2 heterocycles. The highest BCUT2D eigenvalue weighted by Crippen LogP contribution is 2.28. The lowest BCUT2D eigenvalue weighted by Crippen LogP contribution is -2.43. The van der Waals surface area contributed by atoms with Crippen LogP contribution in [-0.2, 0) is 9.59 Å². The first kappa shape index (κ1) is 22.6. The van der Waals surface area contributed by atoms with E-state index in [0.717, 1.165) is 29.5 Å². The molecule has 35 heavy (non-hydrogen) atoms. The number of fused-ring (bicyclic) bond motifs is 1. The van der Waals surface area contributed by atoms with Crippen LogP contribution in [0.15, 0.2) is 72.8 Å². The highest BCUT2D eigenvalue weighted by atomic mass is 16.6. The van der Waals surface area contributed by atoms with Crippen molar-refractivity contribution >= 4 is 34.1 Å². The summed E-state index contributed by atoms with van der Waals surface area (Å²) in [5.74, 6) is 0.0581. The first-order chi connectivity index (χ1) is 17.0. The Balaban J connectivity index is 1.24. The van der Waals surface area contributed by atoms with Crippen LogP contribution in [0, 0.1) is 16.0 Å². The van der Waals surface area contributed by atoms with Crippen molar-refractivity contribution in [1.29, 1.82) is 0 Å². The van der Waals surface area contributed by atoms with Gasteiger partial charge in [-0.1, -0.05) is 36.4 Å². The Kier molecular flexibility index (Phi) is 6.18. The third kappa shape index (κ3) is 4.87. The van der Waals surface area contributed by atoms with E-state index in [1.165, 1.54) is 12.1 Å². The molecular weight excluding hydrogens is 444 g/mol. The third-order valence-corrected chi connectivity index (χ3v) is 6.66. The fourth-order valence-electron chi connectivity index (χ4n) is 4.81. The Labute approximate surface area is 202 Å². The second kappa shape index (κ2) is 9.58. The number of hydrogen-bond acceptors (Lipinski definition) is 4. The van der Waals surface area contributed by atoms with Crippen molar-refractivity contribution in [2.45, 2.75) is 31.7 Å². The molecular formula is C27H26N4O4. The molecule has 0 bridgehead atoms. The van der Waals surface area contributed by atoms with E-state index in [2.05, 4.69) is 22.5 Å². The van der Waals surface area contributed by atoms with Gasteiger partial charge in [-0.25, -0.2) is 0 Å². The number of H-pyrrole nitrogens is 1. The van der Waals surface area contributed by atoms with Gasteiger partial charge in [0.25, 0.3) is 5.69 Å². The van der Waals surface area contributed by atoms with Gasteiger partial charge in [-0.05, 0) is 55.0 Å². The molecule has 2 aromatic carbocycles. The Morgan fingerprint density at radius 2 is 1.94 bits per heavy atom. The molecule has 2 N–H and O–H groups in total. The number of carbonyl (C=O) groups excluding carboxylic acids is 2. The lowest BCUT2D eigenvalue weighted by Gasteiger charge is -2.25. The van der Waals surface area contributed by atoms with E-state index in [1.807, 2.05) is 42.5 Å². The molecule has 0 radical (unpaired) electrons. The van der Waals surface area contributed by atoms with Gasteiger partial charge in [0.2, 0.25) is 11.8 Å². The Morgan fingerprint density at radius 3 is 2.69 bits per heavy atom. The second-order valence-corrected chi connectivity index (χ2v) is 9.04. The highest BCUT2D eigenvalue weighted by Gasteiger charge is 2.34. The fourth-order valence-corrected chi connectivity index (χ4v) is 4.81. The van der Waals surface area contributed by atoms with Crippen molar-refractivity contribution in [2.75, 3.05) is 11.9 Å². The molecule has 1 aliphatic heterocycles. The summed E-state index contributed by atoms with van der Waals surface area (Å²) in [4.78, 5) is 41.4. The van der Waals surface area contributed by atoms with Crippen LogP contribution in [-0.4, -0.2) is 39.2 Å². The minimum Gasteiger partial charge on any atom is -0.354 e. The van der Waals surface area contributed by atoms with Crippen molar-refractivity contribution in [3.8, 4) is 11.3 Å². The Bertz CT molecular complexity index is 1340. The number of nitrogens with zero attached hydrogens (tertiary/aromatic N) is 2. The summed E-state index contributed by atoms with van der Waals surface area (Å²) in [7, 11) is 0. The van der Waals surface area contributed by atoms with Crippen molar-refractivity contribution in [3.63, 3.8) is 0 Å². The summed E-state index contributed by atoms with van der Waals surface area (Å²) in [6.45, 7) is 0.612. The highest BCUT2D eigenvalue weighted by molar-refractivity contribution is 5.98. The van der Waals surface area contributed by atoms with Crippen LogP contribution in [0.2, 0.25) is 0 Å². The van der Waals surface area contributed by atoms with Crippen molar-refractivity contribution in [3.05, 3.63) is 82.9 Å². The van der Waals surface area contributed by atoms with E-state index in [4.69, 9.17) is 0 Å². The van der Waals surface area contributed by atoms with Gasteiger partial charge >= 0.3 is 0 Å². The van der Waals surface area contributed by atoms with Gasteiger partial charge in [-0.15, -0.1) is 0 Å². The van der Waals surface area contributed by atoms with Crippen LogP contribution in [0.5, 0.6) is 0 Å². The number of rotatable bonds is 6. The van der Waals surface area contributed by atoms with Crippen LogP contribution in [0.3, 0.4) is 0 Å². The number of non-ortho nitro benzene ring substituents is 1. The predicted molar refractivity (Wildman–Crippen MR) is 135 cm³/mol. The number of nitrogens with one attached hydrogen (secondary N) is 2. The van der Waals surface area contributed by atoms with Crippen molar-refractivity contribution < 1.29 is 14.5 Å². The van der Waals surface area contributed by atoms with Gasteiger partial charge in [0.15, 0.2) is 0 Å². The van der Waals surface area contributed by atoms with Gasteiger partial charge in [0.05, 0.1) is 10.4 Å². The lowest BCUT2D eigenvalue weighted by atomic mass is 9.96. The monoisotopic (exact) mass is 470 g/mol. The molecule has 178 valence electrons. The second-order valence-electron chi connectivity index (χ2n) is 9.04. The average Bonchev–Trinajstić information content (AvgIpc) is 3.52. The number of nitro groups is 1. The van der Waals surface area contributed by atoms with Crippen LogP contribution in [0.25, 0.3) is 22.2 Å². The van der Waals surface area contributed by atoms with Crippen molar-refractivity contribution in [1.82, 2.24) is 9.88 Å². The summed E-state index contributed by atoms with van der Waals surface area (Å²) < 4.78 is 0. The fraction of sp³-hybridized carbons (Fsp3) is 0.259. The molecule has 2 amide bonds. The molecule has 3 aromatic rings. The third-order valence-electron chi connectivity index (χ3n) is 6.66. The minimum absolute atomic E-state index is 0.0296. The molecule has 1 saturated heterocycles. The molecule has 0 saturated carbocycles. The number of aromatic nitrogens is 1. The molecule has 2 aliphatic rings. The maximum atomic E-state index is 13.0. The van der Waals surface area contributed by atoms with E-state index in [1.54, 1.807) is 11.0 Å². The lowest BCUT2D eigenvalue weighted by molar-refractivity contribution is -0.384. The zero-order valence-corrected chi connectivity index (χ0v) is 19.1. The largest absolute Gasteiger partial charge is 0.354 e. The van der Waals surface area contributed by atoms with Gasteiger partial charge in [0, 0.05) is 41.9 Å². The maximum absolute atomic E-state index is 13.0. The summed E-state index contributed by atoms with van der Waals surface area (Å²) in [5, 5.41) is 14.9. The Morgan fingerprint density at radius 1 is 1.11 bits per heavy atom. The number of benzene rings is 2. The predicted octanol–water partition coefficient (Wildman–Crippen LogP) is 5.20. The molecule has 8 nitrogen and oxygen atoms in total. The van der Waals surface area contributed by atoms with Gasteiger partial charge < -0.3 is 15.2 Å². The number of amides is 2. The number of carbonyl (C=O) groups is 2. The number of hydrogen-bond donors (Lipinski definition) is 2. The normalized spacial score (nSPS) is 19.3. The molecule has 5 rings (SSSR count). The SMILES string of the molecule is O=C(Nc1ccc(-c2cc3ccc([N+](=O)[O-])cc3[nH]2)cc1)[C@@H]1CCCN1C(=O)CC1C=CC=CC1. The molecule has 1 aromatic heterocycles. The number of allylic oxidation sites excluding steroid dienone is 4. The quantitative estimate of drug-likeness (QED) is 0.381. The van der Waals surface area contributed by atoms with E-state index in [9.17, 15) is 19.7 Å².